The van der Waals surface area contributed by atoms with Crippen LogP contribution in [0.4, 0.5) is 17.5 Å². The van der Waals surface area contributed by atoms with Crippen LogP contribution in [0.5, 0.6) is 0 Å². The molecule has 0 spiro atoms. The minimum absolute atomic E-state index is 0.557. The predicted molar refractivity (Wildman–Crippen MR) is 84.2 cm³/mol. The number of anilines is 3. The third-order valence-corrected chi connectivity index (χ3v) is 3.77. The van der Waals surface area contributed by atoms with Crippen LogP contribution in [0, 0.1) is 0 Å². The molecule has 7 heteroatoms. The highest BCUT2D eigenvalue weighted by atomic mass is 16.1. The topological polar surface area (TPSA) is 65.5 Å². The average Bonchev–Trinajstić information content (AvgIpc) is 2.62. The number of aromatic nitrogens is 3. The van der Waals surface area contributed by atoms with Gasteiger partial charge in [0, 0.05) is 38.9 Å². The van der Waals surface area contributed by atoms with Gasteiger partial charge in [-0.15, -0.1) is 5.10 Å². The third kappa shape index (κ3) is 2.98. The fraction of sp³-hybridized carbons (Fsp3) is 0.333. The molecule has 22 heavy (non-hydrogen) atoms. The van der Waals surface area contributed by atoms with Gasteiger partial charge in [-0.25, -0.2) is 0 Å². The van der Waals surface area contributed by atoms with Gasteiger partial charge in [0.25, 0.3) is 5.95 Å². The summed E-state index contributed by atoms with van der Waals surface area (Å²) in [5, 5.41) is 8.18. The molecule has 0 atom stereocenters. The fourth-order valence-corrected chi connectivity index (χ4v) is 2.40. The van der Waals surface area contributed by atoms with E-state index >= 15 is 0 Å². The Morgan fingerprint density at radius 1 is 1.14 bits per heavy atom. The standard InChI is InChI=1S/C15H18N6O/c1-19(13-5-3-2-4-6-13)15-17-14(11-16-18-15)21-9-7-20(12-22)8-10-21/h2-6,11-12H,7-10H2,1H3. The van der Waals surface area contributed by atoms with Crippen molar-refractivity contribution in [3.05, 3.63) is 36.5 Å². The third-order valence-electron chi connectivity index (χ3n) is 3.77. The molecule has 3 rings (SSSR count). The van der Waals surface area contributed by atoms with E-state index in [4.69, 9.17) is 0 Å². The van der Waals surface area contributed by atoms with Crippen molar-refractivity contribution in [2.75, 3.05) is 43.0 Å². The Morgan fingerprint density at radius 3 is 2.55 bits per heavy atom. The van der Waals surface area contributed by atoms with Crippen LogP contribution in [0.3, 0.4) is 0 Å². The van der Waals surface area contributed by atoms with Gasteiger partial charge in [0.2, 0.25) is 6.41 Å². The maximum absolute atomic E-state index is 10.8. The Bertz CT molecular complexity index is 627. The second-order valence-electron chi connectivity index (χ2n) is 5.14. The van der Waals surface area contributed by atoms with E-state index in [1.807, 2.05) is 42.3 Å². The lowest BCUT2D eigenvalue weighted by Crippen LogP contribution is -2.46. The lowest BCUT2D eigenvalue weighted by Gasteiger charge is -2.33. The molecule has 0 saturated carbocycles. The number of carbonyl (C=O) groups is 1. The SMILES string of the molecule is CN(c1ccccc1)c1nncc(N2CCN(C=O)CC2)n1. The van der Waals surface area contributed by atoms with Crippen LogP contribution in [0.15, 0.2) is 36.5 Å². The summed E-state index contributed by atoms with van der Waals surface area (Å²) in [6.45, 7) is 2.92. The molecule has 1 aromatic heterocycles. The first kappa shape index (κ1) is 14.2. The van der Waals surface area contributed by atoms with Crippen molar-refractivity contribution in [1.29, 1.82) is 0 Å². The van der Waals surface area contributed by atoms with Crippen LogP contribution in [0.1, 0.15) is 0 Å². The monoisotopic (exact) mass is 298 g/mol. The minimum Gasteiger partial charge on any atom is -0.352 e. The average molecular weight is 298 g/mol. The first-order chi connectivity index (χ1) is 10.8. The zero-order chi connectivity index (χ0) is 15.4. The fourth-order valence-electron chi connectivity index (χ4n) is 2.40. The van der Waals surface area contributed by atoms with Gasteiger partial charge in [-0.1, -0.05) is 18.2 Å². The van der Waals surface area contributed by atoms with Crippen molar-refractivity contribution in [1.82, 2.24) is 20.1 Å². The van der Waals surface area contributed by atoms with Gasteiger partial charge >= 0.3 is 0 Å². The van der Waals surface area contributed by atoms with Crippen LogP contribution < -0.4 is 9.80 Å². The van der Waals surface area contributed by atoms with Gasteiger partial charge in [0.05, 0.1) is 6.20 Å². The molecule has 114 valence electrons. The number of hydrogen-bond acceptors (Lipinski definition) is 6. The summed E-state index contributed by atoms with van der Waals surface area (Å²) in [5.74, 6) is 1.35. The molecule has 7 nitrogen and oxygen atoms in total. The lowest BCUT2D eigenvalue weighted by atomic mass is 10.3. The Hall–Kier alpha value is -2.70. The van der Waals surface area contributed by atoms with E-state index in [0.717, 1.165) is 31.0 Å². The van der Waals surface area contributed by atoms with Crippen molar-refractivity contribution in [3.8, 4) is 0 Å². The van der Waals surface area contributed by atoms with E-state index in [1.54, 1.807) is 11.1 Å². The van der Waals surface area contributed by atoms with E-state index in [2.05, 4.69) is 20.1 Å². The minimum atomic E-state index is 0.557. The Labute approximate surface area is 129 Å². The molecule has 1 saturated heterocycles. The number of amides is 1. The summed E-state index contributed by atoms with van der Waals surface area (Å²) in [5.41, 5.74) is 1.01. The Morgan fingerprint density at radius 2 is 1.86 bits per heavy atom. The molecular formula is C15H18N6O. The predicted octanol–water partition coefficient (Wildman–Crippen LogP) is 0.918. The van der Waals surface area contributed by atoms with Crippen molar-refractivity contribution in [2.24, 2.45) is 0 Å². The zero-order valence-corrected chi connectivity index (χ0v) is 12.5. The van der Waals surface area contributed by atoms with Gasteiger partial charge in [0.15, 0.2) is 5.82 Å². The number of hydrogen-bond donors (Lipinski definition) is 0. The normalized spacial score (nSPS) is 14.8. The number of piperazine rings is 1. The second-order valence-corrected chi connectivity index (χ2v) is 5.14. The number of benzene rings is 1. The number of para-hydroxylation sites is 1. The lowest BCUT2D eigenvalue weighted by molar-refractivity contribution is -0.118. The summed E-state index contributed by atoms with van der Waals surface area (Å²) in [4.78, 5) is 21.2. The molecular weight excluding hydrogens is 280 g/mol. The number of rotatable bonds is 4. The van der Waals surface area contributed by atoms with Crippen LogP contribution in [0.2, 0.25) is 0 Å². The van der Waals surface area contributed by atoms with Crippen LogP contribution >= 0.6 is 0 Å². The number of nitrogens with zero attached hydrogens (tertiary/aromatic N) is 6. The van der Waals surface area contributed by atoms with E-state index in [9.17, 15) is 4.79 Å². The maximum atomic E-state index is 10.8. The quantitative estimate of drug-likeness (QED) is 0.782. The van der Waals surface area contributed by atoms with E-state index in [-0.39, 0.29) is 0 Å². The molecule has 0 N–H and O–H groups in total. The van der Waals surface area contributed by atoms with Crippen molar-refractivity contribution in [3.63, 3.8) is 0 Å². The second kappa shape index (κ2) is 6.38. The highest BCUT2D eigenvalue weighted by Gasteiger charge is 2.18. The summed E-state index contributed by atoms with van der Waals surface area (Å²) in [6, 6.07) is 9.92. The Balaban J connectivity index is 1.77. The molecule has 1 aliphatic rings. The van der Waals surface area contributed by atoms with E-state index in [0.29, 0.717) is 19.0 Å². The molecule has 0 radical (unpaired) electrons. The van der Waals surface area contributed by atoms with Gasteiger partial charge in [-0.05, 0) is 12.1 Å². The molecule has 0 aliphatic carbocycles. The van der Waals surface area contributed by atoms with E-state index in [1.165, 1.54) is 0 Å². The molecule has 1 amide bonds. The highest BCUT2D eigenvalue weighted by Crippen LogP contribution is 2.21. The van der Waals surface area contributed by atoms with Gasteiger partial charge in [0.1, 0.15) is 0 Å². The molecule has 1 fully saturated rings. The summed E-state index contributed by atoms with van der Waals surface area (Å²) < 4.78 is 0. The largest absolute Gasteiger partial charge is 0.352 e. The molecule has 2 heterocycles. The maximum Gasteiger partial charge on any atom is 0.251 e. The first-order valence-corrected chi connectivity index (χ1v) is 7.21. The summed E-state index contributed by atoms with van der Waals surface area (Å²) in [7, 11) is 1.92. The molecule has 2 aromatic rings. The van der Waals surface area contributed by atoms with Crippen LogP contribution in [-0.4, -0.2) is 59.7 Å². The summed E-state index contributed by atoms with van der Waals surface area (Å²) in [6.07, 6.45) is 2.56. The van der Waals surface area contributed by atoms with Gasteiger partial charge in [-0.3, -0.25) is 4.79 Å². The van der Waals surface area contributed by atoms with Crippen molar-refractivity contribution < 1.29 is 4.79 Å². The highest BCUT2D eigenvalue weighted by molar-refractivity contribution is 5.57. The first-order valence-electron chi connectivity index (χ1n) is 7.21. The molecule has 0 unspecified atom stereocenters. The van der Waals surface area contributed by atoms with Gasteiger partial charge < -0.3 is 14.7 Å². The Kier molecular flexibility index (Phi) is 4.13. The summed E-state index contributed by atoms with van der Waals surface area (Å²) >= 11 is 0. The molecule has 1 aliphatic heterocycles. The molecule has 1 aromatic carbocycles. The van der Waals surface area contributed by atoms with Crippen molar-refractivity contribution >= 4 is 23.9 Å². The van der Waals surface area contributed by atoms with Crippen molar-refractivity contribution in [2.45, 2.75) is 0 Å². The van der Waals surface area contributed by atoms with Crippen LogP contribution in [-0.2, 0) is 4.79 Å². The van der Waals surface area contributed by atoms with E-state index < -0.39 is 0 Å². The molecule has 0 bridgehead atoms. The van der Waals surface area contributed by atoms with Crippen LogP contribution in [0.25, 0.3) is 0 Å². The van der Waals surface area contributed by atoms with Gasteiger partial charge in [-0.2, -0.15) is 10.1 Å². The number of carbonyl (C=O) groups excluding carboxylic acids is 1. The zero-order valence-electron chi connectivity index (χ0n) is 12.5. The smallest absolute Gasteiger partial charge is 0.251 e.